The van der Waals surface area contributed by atoms with Gasteiger partial charge in [-0.1, -0.05) is 221 Å². The van der Waals surface area contributed by atoms with Gasteiger partial charge in [-0.3, -0.25) is 0 Å². The molecule has 2 aliphatic carbocycles. The van der Waals surface area contributed by atoms with Crippen LogP contribution in [0.3, 0.4) is 0 Å². The Morgan fingerprint density at radius 3 is 1.55 bits per heavy atom. The minimum Gasteiger partial charge on any atom is -0.456 e. The standard InChI is InChI=1S/C76H60O/c1-4-48-39-51(49-17-6-5-7-18-49)32-31-46(2)68(44-56(48)45-69-47(3)57-21-8-9-22-58(57)59-23-12-13-26-62(59)69)55-20-14-19-50(40-55)52-33-36-63-60-24-10-11-25-61(60)64-37-34-54(43-72(64)71(63)42-52)53-35-38-65-66-27-15-29-73-75(66)76-67(70(65)41-53)28-16-30-74(76)77-73/h5-30,32-38,40-44,46-48,56,69H,4,31,39,45H2,1-3H3/b51-32-,68-44+. The summed E-state index contributed by atoms with van der Waals surface area (Å²) in [5, 5.41) is 15.1. The molecule has 0 spiro atoms. The first-order chi connectivity index (χ1) is 38.0. The van der Waals surface area contributed by atoms with Crippen LogP contribution in [0.4, 0.5) is 0 Å². The second kappa shape index (κ2) is 18.4. The van der Waals surface area contributed by atoms with E-state index in [1.165, 1.54) is 131 Å². The number of hydrogen-bond acceptors (Lipinski definition) is 1. The Balaban J connectivity index is 0.858. The maximum Gasteiger partial charge on any atom is 0.136 e. The third-order valence-electron chi connectivity index (χ3n) is 18.5. The van der Waals surface area contributed by atoms with Crippen LogP contribution in [-0.4, -0.2) is 0 Å². The number of fused-ring (bicyclic) bond motifs is 12. The lowest BCUT2D eigenvalue weighted by Gasteiger charge is -2.37. The van der Waals surface area contributed by atoms with Gasteiger partial charge in [0, 0.05) is 10.8 Å². The lowest BCUT2D eigenvalue weighted by molar-refractivity contribution is 0.331. The Labute approximate surface area is 451 Å². The van der Waals surface area contributed by atoms with Crippen LogP contribution >= 0.6 is 0 Å². The summed E-state index contributed by atoms with van der Waals surface area (Å²) < 4.78 is 6.39. The van der Waals surface area contributed by atoms with Crippen molar-refractivity contribution in [1.82, 2.24) is 0 Å². The van der Waals surface area contributed by atoms with Crippen molar-refractivity contribution in [3.63, 3.8) is 0 Å². The number of furan rings is 1. The molecule has 1 aromatic heterocycles. The molecule has 0 bridgehead atoms. The van der Waals surface area contributed by atoms with Crippen LogP contribution in [-0.2, 0) is 0 Å². The van der Waals surface area contributed by atoms with Gasteiger partial charge in [-0.05, 0) is 206 Å². The van der Waals surface area contributed by atoms with E-state index in [9.17, 15) is 0 Å². The summed E-state index contributed by atoms with van der Waals surface area (Å²) in [4.78, 5) is 0. The van der Waals surface area contributed by atoms with E-state index >= 15 is 0 Å². The highest BCUT2D eigenvalue weighted by Gasteiger charge is 2.35. The molecule has 1 heteroatoms. The van der Waals surface area contributed by atoms with E-state index in [0.717, 1.165) is 36.8 Å². The molecule has 13 aromatic rings. The van der Waals surface area contributed by atoms with E-state index in [1.54, 1.807) is 0 Å². The molecule has 370 valence electrons. The first-order valence-corrected chi connectivity index (χ1v) is 28.2. The van der Waals surface area contributed by atoms with Gasteiger partial charge in [-0.2, -0.15) is 0 Å². The minimum atomic E-state index is 0.330. The van der Waals surface area contributed by atoms with E-state index in [0.29, 0.717) is 29.6 Å². The van der Waals surface area contributed by atoms with Crippen molar-refractivity contribution < 1.29 is 4.42 Å². The third kappa shape index (κ3) is 7.49. The molecular weight excluding hydrogens is 929 g/mol. The minimum absolute atomic E-state index is 0.330. The zero-order valence-corrected chi connectivity index (χ0v) is 44.1. The van der Waals surface area contributed by atoms with Crippen molar-refractivity contribution in [2.24, 2.45) is 17.8 Å². The Morgan fingerprint density at radius 1 is 0.416 bits per heavy atom. The fourth-order valence-corrected chi connectivity index (χ4v) is 14.5. The van der Waals surface area contributed by atoms with Gasteiger partial charge in [-0.15, -0.1) is 0 Å². The molecule has 15 rings (SSSR count). The summed E-state index contributed by atoms with van der Waals surface area (Å²) in [5.41, 5.74) is 18.3. The second-order valence-electron chi connectivity index (χ2n) is 22.6. The van der Waals surface area contributed by atoms with Crippen molar-refractivity contribution in [2.75, 3.05) is 0 Å². The van der Waals surface area contributed by atoms with Crippen LogP contribution in [0.1, 0.15) is 80.5 Å². The average Bonchev–Trinajstić information content (AvgIpc) is 4.00. The molecule has 0 saturated heterocycles. The highest BCUT2D eigenvalue weighted by molar-refractivity contribution is 6.33. The van der Waals surface area contributed by atoms with E-state index < -0.39 is 0 Å². The summed E-state index contributed by atoms with van der Waals surface area (Å²) in [5.74, 6) is 2.03. The Morgan fingerprint density at radius 2 is 0.896 bits per heavy atom. The van der Waals surface area contributed by atoms with Gasteiger partial charge in [0.05, 0.1) is 0 Å². The van der Waals surface area contributed by atoms with E-state index in [1.807, 2.05) is 0 Å². The molecule has 0 amide bonds. The highest BCUT2D eigenvalue weighted by atomic mass is 16.3. The molecule has 5 unspecified atom stereocenters. The summed E-state index contributed by atoms with van der Waals surface area (Å²) in [6, 6.07) is 82.6. The lowest BCUT2D eigenvalue weighted by Crippen LogP contribution is -2.22. The molecule has 1 heterocycles. The topological polar surface area (TPSA) is 13.1 Å². The third-order valence-corrected chi connectivity index (χ3v) is 18.5. The molecule has 0 saturated carbocycles. The van der Waals surface area contributed by atoms with Crippen LogP contribution in [0.25, 0.3) is 120 Å². The molecule has 0 aliphatic heterocycles. The SMILES string of the molecule is CCC1C/C(c2ccccc2)=C/CC(C)/C(c2cccc(-c3ccc4c5ccccc5c5ccc(-c6ccc7c(c6)c6cccc8oc9cccc7c9c86)cc5c4c3)c2)=C\C1CC1c2ccccc2-c2ccccc2C1C. The summed E-state index contributed by atoms with van der Waals surface area (Å²) in [6.45, 7) is 7.39. The largest absolute Gasteiger partial charge is 0.456 e. The summed E-state index contributed by atoms with van der Waals surface area (Å²) in [6.07, 6.45) is 9.67. The van der Waals surface area contributed by atoms with Crippen molar-refractivity contribution >= 4 is 86.9 Å². The number of hydrogen-bond donors (Lipinski definition) is 0. The summed E-state index contributed by atoms with van der Waals surface area (Å²) in [7, 11) is 0. The van der Waals surface area contributed by atoms with Crippen LogP contribution in [0.15, 0.2) is 235 Å². The highest BCUT2D eigenvalue weighted by Crippen LogP contribution is 2.52. The van der Waals surface area contributed by atoms with Crippen LogP contribution in [0.2, 0.25) is 0 Å². The maximum atomic E-state index is 6.39. The fourth-order valence-electron chi connectivity index (χ4n) is 14.5. The monoisotopic (exact) mass is 988 g/mol. The molecule has 0 fully saturated rings. The van der Waals surface area contributed by atoms with Crippen LogP contribution < -0.4 is 0 Å². The van der Waals surface area contributed by atoms with E-state index in [2.05, 4.69) is 251 Å². The molecule has 0 N–H and O–H groups in total. The number of benzene rings is 12. The Hall–Kier alpha value is -8.52. The first kappa shape index (κ1) is 45.8. The predicted octanol–water partition coefficient (Wildman–Crippen LogP) is 21.6. The van der Waals surface area contributed by atoms with E-state index in [-0.39, 0.29) is 0 Å². The van der Waals surface area contributed by atoms with Gasteiger partial charge >= 0.3 is 0 Å². The number of allylic oxidation sites excluding steroid dienone is 4. The average molecular weight is 989 g/mol. The predicted molar refractivity (Wildman–Crippen MR) is 329 cm³/mol. The van der Waals surface area contributed by atoms with Gasteiger partial charge in [-0.25, -0.2) is 0 Å². The van der Waals surface area contributed by atoms with Gasteiger partial charge in [0.1, 0.15) is 11.2 Å². The van der Waals surface area contributed by atoms with Gasteiger partial charge in [0.2, 0.25) is 0 Å². The van der Waals surface area contributed by atoms with Crippen LogP contribution in [0.5, 0.6) is 0 Å². The van der Waals surface area contributed by atoms with Crippen LogP contribution in [0, 0.1) is 17.8 Å². The lowest BCUT2D eigenvalue weighted by atomic mass is 9.67. The summed E-state index contributed by atoms with van der Waals surface area (Å²) >= 11 is 0. The van der Waals surface area contributed by atoms with Crippen molar-refractivity contribution in [1.29, 1.82) is 0 Å². The fraction of sp³-hybridized carbons (Fsp3) is 0.158. The number of rotatable bonds is 7. The smallest absolute Gasteiger partial charge is 0.136 e. The molecular formula is C76H60O. The van der Waals surface area contributed by atoms with E-state index in [4.69, 9.17) is 4.42 Å². The molecule has 12 aromatic carbocycles. The van der Waals surface area contributed by atoms with Gasteiger partial charge < -0.3 is 4.42 Å². The molecule has 5 atom stereocenters. The Bertz CT molecular complexity index is 4520. The zero-order valence-electron chi connectivity index (χ0n) is 44.1. The normalized spacial score (nSPS) is 20.2. The molecule has 0 radical (unpaired) electrons. The molecule has 2 aliphatic rings. The van der Waals surface area contributed by atoms with Crippen molar-refractivity contribution in [2.45, 2.75) is 58.3 Å². The molecule has 1 nitrogen and oxygen atoms in total. The quantitative estimate of drug-likeness (QED) is 0.145. The zero-order chi connectivity index (χ0) is 51.3. The van der Waals surface area contributed by atoms with Crippen molar-refractivity contribution in [3.8, 4) is 33.4 Å². The van der Waals surface area contributed by atoms with Gasteiger partial charge in [0.15, 0.2) is 0 Å². The van der Waals surface area contributed by atoms with Crippen molar-refractivity contribution in [3.05, 3.63) is 253 Å². The van der Waals surface area contributed by atoms with Gasteiger partial charge in [0.25, 0.3) is 0 Å². The molecule has 77 heavy (non-hydrogen) atoms. The maximum absolute atomic E-state index is 6.39. The Kier molecular flexibility index (Phi) is 10.9. The first-order valence-electron chi connectivity index (χ1n) is 28.2. The second-order valence-corrected chi connectivity index (χ2v) is 22.6.